The Morgan fingerprint density at radius 2 is 2.00 bits per heavy atom. The fourth-order valence-electron chi connectivity index (χ4n) is 3.30. The molecule has 0 radical (unpaired) electrons. The molecule has 3 rings (SSSR count). The second-order valence-corrected chi connectivity index (χ2v) is 7.29. The van der Waals surface area contributed by atoms with E-state index in [1.807, 2.05) is 0 Å². The van der Waals surface area contributed by atoms with E-state index in [4.69, 9.17) is 5.11 Å². The van der Waals surface area contributed by atoms with Gasteiger partial charge in [0.05, 0.1) is 5.75 Å². The number of thioether (sulfide) groups is 1. The van der Waals surface area contributed by atoms with Crippen LogP contribution in [0.3, 0.4) is 0 Å². The van der Waals surface area contributed by atoms with Crippen molar-refractivity contribution in [3.05, 3.63) is 5.82 Å². The summed E-state index contributed by atoms with van der Waals surface area (Å²) in [5.74, 6) is 1.53. The van der Waals surface area contributed by atoms with Crippen LogP contribution in [-0.4, -0.2) is 31.6 Å². The van der Waals surface area contributed by atoms with Crippen molar-refractivity contribution < 1.29 is 9.90 Å². The SMILES string of the molecule is CC1CCCCCC1n1c(SCC(=O)O)nnc1C1CC1. The molecular formula is C15H23N3O2S. The van der Waals surface area contributed by atoms with Gasteiger partial charge in [-0.2, -0.15) is 0 Å². The Balaban J connectivity index is 1.88. The number of hydrogen-bond donors (Lipinski definition) is 1. The van der Waals surface area contributed by atoms with E-state index in [0.29, 0.717) is 17.9 Å². The normalized spacial score (nSPS) is 26.5. The molecular weight excluding hydrogens is 286 g/mol. The van der Waals surface area contributed by atoms with Crippen LogP contribution in [-0.2, 0) is 4.79 Å². The van der Waals surface area contributed by atoms with Crippen molar-refractivity contribution in [2.24, 2.45) is 5.92 Å². The Morgan fingerprint density at radius 3 is 2.71 bits per heavy atom. The van der Waals surface area contributed by atoms with Crippen LogP contribution in [0.5, 0.6) is 0 Å². The summed E-state index contributed by atoms with van der Waals surface area (Å²) in [6, 6.07) is 0.439. The van der Waals surface area contributed by atoms with Crippen LogP contribution in [0.1, 0.15) is 69.7 Å². The summed E-state index contributed by atoms with van der Waals surface area (Å²) in [5.41, 5.74) is 0. The van der Waals surface area contributed by atoms with Gasteiger partial charge in [-0.25, -0.2) is 0 Å². The highest BCUT2D eigenvalue weighted by molar-refractivity contribution is 7.99. The van der Waals surface area contributed by atoms with Gasteiger partial charge in [-0.3, -0.25) is 4.79 Å². The number of carbonyl (C=O) groups is 1. The molecule has 0 aliphatic heterocycles. The lowest BCUT2D eigenvalue weighted by atomic mass is 9.96. The van der Waals surface area contributed by atoms with Gasteiger partial charge in [-0.05, 0) is 31.6 Å². The van der Waals surface area contributed by atoms with Crippen LogP contribution in [0.4, 0.5) is 0 Å². The molecule has 5 nitrogen and oxygen atoms in total. The van der Waals surface area contributed by atoms with E-state index < -0.39 is 5.97 Å². The summed E-state index contributed by atoms with van der Waals surface area (Å²) < 4.78 is 2.29. The average Bonchev–Trinajstić information content (AvgIpc) is 3.23. The van der Waals surface area contributed by atoms with Gasteiger partial charge in [0.25, 0.3) is 0 Å². The number of aliphatic carboxylic acids is 1. The minimum absolute atomic E-state index is 0.0594. The predicted molar refractivity (Wildman–Crippen MR) is 81.6 cm³/mol. The van der Waals surface area contributed by atoms with Crippen molar-refractivity contribution in [3.63, 3.8) is 0 Å². The molecule has 1 aromatic rings. The van der Waals surface area contributed by atoms with Crippen LogP contribution >= 0.6 is 11.8 Å². The van der Waals surface area contributed by atoms with Crippen molar-refractivity contribution in [2.75, 3.05) is 5.75 Å². The molecule has 2 atom stereocenters. The molecule has 116 valence electrons. The van der Waals surface area contributed by atoms with Gasteiger partial charge in [0.2, 0.25) is 0 Å². The molecule has 6 heteroatoms. The van der Waals surface area contributed by atoms with Crippen molar-refractivity contribution in [3.8, 4) is 0 Å². The highest BCUT2D eigenvalue weighted by atomic mass is 32.2. The summed E-state index contributed by atoms with van der Waals surface area (Å²) in [6.07, 6.45) is 8.66. The Labute approximate surface area is 129 Å². The second-order valence-electron chi connectivity index (χ2n) is 6.35. The summed E-state index contributed by atoms with van der Waals surface area (Å²) in [4.78, 5) is 10.9. The molecule has 1 N–H and O–H groups in total. The van der Waals surface area contributed by atoms with E-state index in [1.54, 1.807) is 0 Å². The van der Waals surface area contributed by atoms with Gasteiger partial charge in [0.1, 0.15) is 5.82 Å². The maximum atomic E-state index is 10.9. The summed E-state index contributed by atoms with van der Waals surface area (Å²) in [7, 11) is 0. The molecule has 21 heavy (non-hydrogen) atoms. The highest BCUT2D eigenvalue weighted by Gasteiger charge is 2.34. The van der Waals surface area contributed by atoms with Crippen molar-refractivity contribution in [2.45, 2.75) is 69.0 Å². The van der Waals surface area contributed by atoms with Gasteiger partial charge < -0.3 is 9.67 Å². The first-order valence-electron chi connectivity index (χ1n) is 7.96. The molecule has 0 aromatic carbocycles. The highest BCUT2D eigenvalue weighted by Crippen LogP contribution is 2.44. The number of carboxylic acid groups (broad SMARTS) is 1. The minimum Gasteiger partial charge on any atom is -0.481 e. The molecule has 1 heterocycles. The first-order valence-corrected chi connectivity index (χ1v) is 8.94. The van der Waals surface area contributed by atoms with E-state index in [1.165, 1.54) is 56.7 Å². The van der Waals surface area contributed by atoms with Gasteiger partial charge in [-0.1, -0.05) is 37.9 Å². The van der Waals surface area contributed by atoms with Crippen molar-refractivity contribution in [1.82, 2.24) is 14.8 Å². The molecule has 0 bridgehead atoms. The smallest absolute Gasteiger partial charge is 0.313 e. The van der Waals surface area contributed by atoms with E-state index in [2.05, 4.69) is 21.7 Å². The first kappa shape index (κ1) is 14.9. The third-order valence-corrected chi connectivity index (χ3v) is 5.53. The topological polar surface area (TPSA) is 68.0 Å². The Kier molecular flexibility index (Phi) is 4.52. The third-order valence-electron chi connectivity index (χ3n) is 4.61. The monoisotopic (exact) mass is 309 g/mol. The zero-order valence-corrected chi connectivity index (χ0v) is 13.3. The molecule has 0 saturated heterocycles. The maximum Gasteiger partial charge on any atom is 0.313 e. The molecule has 2 fully saturated rings. The summed E-state index contributed by atoms with van der Waals surface area (Å²) in [5, 5.41) is 18.4. The molecule has 2 aliphatic carbocycles. The molecule has 1 aromatic heterocycles. The van der Waals surface area contributed by atoms with Gasteiger partial charge in [0.15, 0.2) is 5.16 Å². The molecule has 2 unspecified atom stereocenters. The van der Waals surface area contributed by atoms with Crippen LogP contribution in [0.2, 0.25) is 0 Å². The Hall–Kier alpha value is -1.04. The fraction of sp³-hybridized carbons (Fsp3) is 0.800. The third kappa shape index (κ3) is 3.42. The summed E-state index contributed by atoms with van der Waals surface area (Å²) in [6.45, 7) is 2.32. The average molecular weight is 309 g/mol. The largest absolute Gasteiger partial charge is 0.481 e. The number of nitrogens with zero attached hydrogens (tertiary/aromatic N) is 3. The molecule has 2 aliphatic rings. The van der Waals surface area contributed by atoms with Crippen molar-refractivity contribution in [1.29, 1.82) is 0 Å². The first-order chi connectivity index (χ1) is 10.2. The zero-order chi connectivity index (χ0) is 14.8. The van der Waals surface area contributed by atoms with E-state index in [0.717, 1.165) is 11.0 Å². The summed E-state index contributed by atoms with van der Waals surface area (Å²) >= 11 is 1.31. The second kappa shape index (κ2) is 6.38. The number of hydrogen-bond acceptors (Lipinski definition) is 4. The lowest BCUT2D eigenvalue weighted by Gasteiger charge is -2.25. The van der Waals surface area contributed by atoms with Gasteiger partial charge in [-0.15, -0.1) is 10.2 Å². The Bertz CT molecular complexity index is 513. The predicted octanol–water partition coefficient (Wildman–Crippen LogP) is 3.47. The van der Waals surface area contributed by atoms with Gasteiger partial charge in [0, 0.05) is 12.0 Å². The van der Waals surface area contributed by atoms with E-state index in [-0.39, 0.29) is 5.75 Å². The maximum absolute atomic E-state index is 10.9. The van der Waals surface area contributed by atoms with Crippen molar-refractivity contribution >= 4 is 17.7 Å². The van der Waals surface area contributed by atoms with Gasteiger partial charge >= 0.3 is 5.97 Å². The quantitative estimate of drug-likeness (QED) is 0.666. The van der Waals surface area contributed by atoms with Crippen LogP contribution < -0.4 is 0 Å². The van der Waals surface area contributed by atoms with E-state index >= 15 is 0 Å². The van der Waals surface area contributed by atoms with Crippen LogP contribution in [0.15, 0.2) is 5.16 Å². The number of rotatable bonds is 5. The zero-order valence-electron chi connectivity index (χ0n) is 12.5. The Morgan fingerprint density at radius 1 is 1.24 bits per heavy atom. The van der Waals surface area contributed by atoms with Crippen LogP contribution in [0.25, 0.3) is 0 Å². The number of aromatic nitrogens is 3. The van der Waals surface area contributed by atoms with Crippen LogP contribution in [0, 0.1) is 5.92 Å². The molecule has 0 amide bonds. The minimum atomic E-state index is -0.795. The fourth-order valence-corrected chi connectivity index (χ4v) is 4.02. The lowest BCUT2D eigenvalue weighted by molar-refractivity contribution is -0.133. The van der Waals surface area contributed by atoms with E-state index in [9.17, 15) is 4.79 Å². The lowest BCUT2D eigenvalue weighted by Crippen LogP contribution is -2.19. The molecule has 0 spiro atoms. The molecule has 2 saturated carbocycles. The number of carboxylic acids is 1. The standard InChI is InChI=1S/C15H23N3O2S/c1-10-5-3-2-4-6-12(10)18-14(11-7-8-11)16-17-15(18)21-9-13(19)20/h10-12H,2-9H2,1H3,(H,19,20).